The zero-order chi connectivity index (χ0) is 12.9. The second-order valence-corrected chi connectivity index (χ2v) is 6.29. The van der Waals surface area contributed by atoms with E-state index in [9.17, 15) is 4.79 Å². The summed E-state index contributed by atoms with van der Waals surface area (Å²) in [5.74, 6) is 1.16. The Morgan fingerprint density at radius 3 is 2.29 bits per heavy atom. The van der Waals surface area contributed by atoms with E-state index in [-0.39, 0.29) is 6.09 Å². The predicted molar refractivity (Wildman–Crippen MR) is 72.6 cm³/mol. The highest BCUT2D eigenvalue weighted by Crippen LogP contribution is 2.11. The van der Waals surface area contributed by atoms with Gasteiger partial charge in [-0.1, -0.05) is 0 Å². The molecule has 5 heteroatoms. The van der Waals surface area contributed by atoms with Crippen LogP contribution in [0.5, 0.6) is 0 Å². The molecule has 0 aliphatic carbocycles. The number of rotatable bonds is 3. The number of carbonyl (C=O) groups is 1. The Kier molecular flexibility index (Phi) is 5.59. The van der Waals surface area contributed by atoms with Crippen molar-refractivity contribution in [3.05, 3.63) is 0 Å². The Bertz CT molecular complexity index is 245. The van der Waals surface area contributed by atoms with Gasteiger partial charge in [-0.05, 0) is 27.0 Å². The molecular weight excluding hydrogens is 236 g/mol. The van der Waals surface area contributed by atoms with E-state index in [1.165, 1.54) is 0 Å². The molecule has 1 fully saturated rings. The van der Waals surface area contributed by atoms with Gasteiger partial charge in [-0.2, -0.15) is 11.8 Å². The first-order valence-electron chi connectivity index (χ1n) is 6.11. The monoisotopic (exact) mass is 260 g/mol. The predicted octanol–water partition coefficient (Wildman–Crippen LogP) is 1.90. The van der Waals surface area contributed by atoms with E-state index in [0.29, 0.717) is 0 Å². The van der Waals surface area contributed by atoms with Gasteiger partial charge in [0.1, 0.15) is 5.60 Å². The zero-order valence-electron chi connectivity index (χ0n) is 11.4. The van der Waals surface area contributed by atoms with E-state index >= 15 is 0 Å². The molecule has 4 nitrogen and oxygen atoms in total. The second-order valence-electron chi connectivity index (χ2n) is 5.30. The molecule has 0 aromatic heterocycles. The molecule has 1 rings (SSSR count). The largest absolute Gasteiger partial charge is 0.444 e. The van der Waals surface area contributed by atoms with Gasteiger partial charge in [0.15, 0.2) is 0 Å². The summed E-state index contributed by atoms with van der Waals surface area (Å²) in [6, 6.07) is 0. The van der Waals surface area contributed by atoms with Crippen LogP contribution in [-0.2, 0) is 4.74 Å². The van der Waals surface area contributed by atoms with Crippen LogP contribution in [0.3, 0.4) is 0 Å². The summed E-state index contributed by atoms with van der Waals surface area (Å²) in [5.41, 5.74) is -0.396. The molecule has 1 saturated heterocycles. The molecule has 0 saturated carbocycles. The SMILES string of the molecule is CSCCN1CCN(C(=O)OC(C)(C)C)CC1. The summed E-state index contributed by atoms with van der Waals surface area (Å²) in [4.78, 5) is 16.0. The zero-order valence-corrected chi connectivity index (χ0v) is 12.2. The van der Waals surface area contributed by atoms with E-state index in [0.717, 1.165) is 38.5 Å². The van der Waals surface area contributed by atoms with E-state index in [1.807, 2.05) is 32.5 Å². The highest BCUT2D eigenvalue weighted by atomic mass is 32.2. The number of piperazine rings is 1. The maximum absolute atomic E-state index is 11.8. The standard InChI is InChI=1S/C12H24N2O2S/c1-12(2,3)16-11(15)14-7-5-13(6-8-14)9-10-17-4/h5-10H2,1-4H3. The molecule has 0 aromatic rings. The number of amides is 1. The lowest BCUT2D eigenvalue weighted by molar-refractivity contribution is 0.0150. The number of ether oxygens (including phenoxy) is 1. The van der Waals surface area contributed by atoms with Crippen molar-refractivity contribution in [2.75, 3.05) is 44.7 Å². The van der Waals surface area contributed by atoms with Gasteiger partial charge in [-0.3, -0.25) is 4.90 Å². The highest BCUT2D eigenvalue weighted by Gasteiger charge is 2.25. The van der Waals surface area contributed by atoms with Crippen molar-refractivity contribution in [3.63, 3.8) is 0 Å². The van der Waals surface area contributed by atoms with Crippen LogP contribution in [0.15, 0.2) is 0 Å². The van der Waals surface area contributed by atoms with Crippen LogP contribution in [0.1, 0.15) is 20.8 Å². The van der Waals surface area contributed by atoms with Crippen molar-refractivity contribution in [3.8, 4) is 0 Å². The molecule has 1 aliphatic rings. The summed E-state index contributed by atoms with van der Waals surface area (Å²) >= 11 is 1.86. The van der Waals surface area contributed by atoms with Gasteiger partial charge in [0.2, 0.25) is 0 Å². The Hall–Kier alpha value is -0.420. The molecule has 0 bridgehead atoms. The summed E-state index contributed by atoms with van der Waals surface area (Å²) in [6.07, 6.45) is 1.94. The van der Waals surface area contributed by atoms with Crippen molar-refractivity contribution < 1.29 is 9.53 Å². The van der Waals surface area contributed by atoms with Crippen LogP contribution >= 0.6 is 11.8 Å². The van der Waals surface area contributed by atoms with Crippen LogP contribution in [0.4, 0.5) is 4.79 Å². The van der Waals surface area contributed by atoms with Crippen LogP contribution in [0.2, 0.25) is 0 Å². The van der Waals surface area contributed by atoms with Crippen LogP contribution in [0.25, 0.3) is 0 Å². The molecule has 0 radical (unpaired) electrons. The first-order valence-corrected chi connectivity index (χ1v) is 7.51. The number of carbonyl (C=O) groups excluding carboxylic acids is 1. The van der Waals surface area contributed by atoms with Gasteiger partial charge in [0, 0.05) is 38.5 Å². The molecule has 1 aliphatic heterocycles. The minimum absolute atomic E-state index is 0.179. The average Bonchev–Trinajstić information content (AvgIpc) is 2.24. The molecular formula is C12H24N2O2S. The van der Waals surface area contributed by atoms with E-state index in [2.05, 4.69) is 11.2 Å². The van der Waals surface area contributed by atoms with Gasteiger partial charge < -0.3 is 9.64 Å². The number of nitrogens with zero attached hydrogens (tertiary/aromatic N) is 2. The van der Waals surface area contributed by atoms with Crippen molar-refractivity contribution in [2.45, 2.75) is 26.4 Å². The summed E-state index contributed by atoms with van der Waals surface area (Å²) < 4.78 is 5.36. The minimum atomic E-state index is -0.396. The van der Waals surface area contributed by atoms with E-state index in [1.54, 1.807) is 4.90 Å². The molecule has 1 amide bonds. The lowest BCUT2D eigenvalue weighted by atomic mass is 10.2. The molecule has 17 heavy (non-hydrogen) atoms. The lowest BCUT2D eigenvalue weighted by Gasteiger charge is -2.35. The normalized spacial score (nSPS) is 18.2. The summed E-state index contributed by atoms with van der Waals surface area (Å²) in [7, 11) is 0. The van der Waals surface area contributed by atoms with Gasteiger partial charge in [0.05, 0.1) is 0 Å². The topological polar surface area (TPSA) is 32.8 Å². The van der Waals surface area contributed by atoms with Crippen molar-refractivity contribution in [1.82, 2.24) is 9.80 Å². The number of hydrogen-bond donors (Lipinski definition) is 0. The highest BCUT2D eigenvalue weighted by molar-refractivity contribution is 7.98. The fourth-order valence-electron chi connectivity index (χ4n) is 1.70. The third-order valence-electron chi connectivity index (χ3n) is 2.64. The van der Waals surface area contributed by atoms with Crippen LogP contribution in [0, 0.1) is 0 Å². The molecule has 0 atom stereocenters. The Balaban J connectivity index is 2.29. The fraction of sp³-hybridized carbons (Fsp3) is 0.917. The van der Waals surface area contributed by atoms with Gasteiger partial charge in [0.25, 0.3) is 0 Å². The maximum atomic E-state index is 11.8. The first kappa shape index (κ1) is 14.6. The molecule has 0 unspecified atom stereocenters. The average molecular weight is 260 g/mol. The molecule has 1 heterocycles. The number of thioether (sulfide) groups is 1. The van der Waals surface area contributed by atoms with Gasteiger partial charge in [-0.25, -0.2) is 4.79 Å². The Morgan fingerprint density at radius 2 is 1.82 bits per heavy atom. The second kappa shape index (κ2) is 6.50. The van der Waals surface area contributed by atoms with E-state index < -0.39 is 5.60 Å². The molecule has 0 N–H and O–H groups in total. The quantitative estimate of drug-likeness (QED) is 0.776. The van der Waals surface area contributed by atoms with Gasteiger partial charge >= 0.3 is 6.09 Å². The number of hydrogen-bond acceptors (Lipinski definition) is 4. The molecule has 100 valence electrons. The van der Waals surface area contributed by atoms with Crippen LogP contribution in [-0.4, -0.2) is 66.2 Å². The summed E-state index contributed by atoms with van der Waals surface area (Å²) in [5, 5.41) is 0. The first-order chi connectivity index (χ1) is 7.92. The summed E-state index contributed by atoms with van der Waals surface area (Å²) in [6.45, 7) is 10.3. The molecule has 0 aromatic carbocycles. The molecule has 0 spiro atoms. The van der Waals surface area contributed by atoms with Crippen LogP contribution < -0.4 is 0 Å². The fourth-order valence-corrected chi connectivity index (χ4v) is 2.14. The lowest BCUT2D eigenvalue weighted by Crippen LogP contribution is -2.50. The Labute approximate surface area is 109 Å². The van der Waals surface area contributed by atoms with Crippen molar-refractivity contribution >= 4 is 17.9 Å². The Morgan fingerprint density at radius 1 is 1.24 bits per heavy atom. The minimum Gasteiger partial charge on any atom is -0.444 e. The third kappa shape index (κ3) is 5.64. The van der Waals surface area contributed by atoms with Gasteiger partial charge in [-0.15, -0.1) is 0 Å². The van der Waals surface area contributed by atoms with E-state index in [4.69, 9.17) is 4.74 Å². The smallest absolute Gasteiger partial charge is 0.410 e. The van der Waals surface area contributed by atoms with Crippen molar-refractivity contribution in [1.29, 1.82) is 0 Å². The maximum Gasteiger partial charge on any atom is 0.410 e. The third-order valence-corrected chi connectivity index (χ3v) is 3.23. The van der Waals surface area contributed by atoms with Crippen molar-refractivity contribution in [2.24, 2.45) is 0 Å².